The molecule has 1 heterocycles. The van der Waals surface area contributed by atoms with E-state index in [0.717, 1.165) is 14.0 Å². The van der Waals surface area contributed by atoms with Crippen LogP contribution in [0.4, 0.5) is 0 Å². The molecule has 50 valence electrons. The molecule has 0 saturated heterocycles. The summed E-state index contributed by atoms with van der Waals surface area (Å²) >= 11 is 0. The van der Waals surface area contributed by atoms with Crippen molar-refractivity contribution >= 4 is 12.9 Å². The summed E-state index contributed by atoms with van der Waals surface area (Å²) in [6.07, 6.45) is 0. The van der Waals surface area contributed by atoms with E-state index in [1.54, 1.807) is 0 Å². The van der Waals surface area contributed by atoms with E-state index in [1.165, 1.54) is 11.0 Å². The predicted octanol–water partition coefficient (Wildman–Crippen LogP) is 0.109. The molecule has 0 fully saturated rings. The molecule has 0 aliphatic carbocycles. The first-order valence-electron chi connectivity index (χ1n) is 3.61. The molecule has 0 N–H and O–H groups in total. The minimum absolute atomic E-state index is 1.12. The lowest BCUT2D eigenvalue weighted by Gasteiger charge is -2.01. The predicted molar refractivity (Wildman–Crippen MR) is 44.7 cm³/mol. The molecule has 0 radical (unpaired) electrons. The molecule has 0 saturated carbocycles. The van der Waals surface area contributed by atoms with Gasteiger partial charge in [0.1, 0.15) is 0 Å². The maximum atomic E-state index is 2.32. The molecule has 10 heavy (non-hydrogen) atoms. The summed E-state index contributed by atoms with van der Waals surface area (Å²) in [5, 5.41) is 0. The van der Waals surface area contributed by atoms with Crippen LogP contribution in [0, 0.1) is 0 Å². The van der Waals surface area contributed by atoms with Gasteiger partial charge in [0.2, 0.25) is 7.41 Å². The molecule has 0 atom stereocenters. The maximum absolute atomic E-state index is 2.32. The lowest BCUT2D eigenvalue weighted by Crippen LogP contribution is -2.21. The Morgan fingerprint density at radius 3 is 3.00 bits per heavy atom. The second-order valence-corrected chi connectivity index (χ2v) is 2.94. The first kappa shape index (κ1) is 5.99. The van der Waals surface area contributed by atoms with Crippen LogP contribution in [0.3, 0.4) is 0 Å². The Morgan fingerprint density at radius 2 is 2.20 bits per heavy atom. The first-order valence-corrected chi connectivity index (χ1v) is 3.61. The molecule has 0 aromatic heterocycles. The Labute approximate surface area is 61.9 Å². The molecule has 1 aromatic carbocycles. The topological polar surface area (TPSA) is 3.24 Å². The van der Waals surface area contributed by atoms with Crippen molar-refractivity contribution in [2.75, 3.05) is 7.05 Å². The highest BCUT2D eigenvalue weighted by atomic mass is 15.0. The van der Waals surface area contributed by atoms with E-state index < -0.39 is 0 Å². The molecule has 0 spiro atoms. The second kappa shape index (κ2) is 2.13. The Hall–Kier alpha value is -0.755. The summed E-state index contributed by atoms with van der Waals surface area (Å²) in [4.78, 5) is 2.32. The molecular weight excluding hydrogens is 121 g/mol. The van der Waals surface area contributed by atoms with Gasteiger partial charge in [-0.05, 0) is 12.6 Å². The summed E-state index contributed by atoms with van der Waals surface area (Å²) in [7, 11) is 3.27. The largest absolute Gasteiger partial charge is 0.340 e. The fourth-order valence-corrected chi connectivity index (χ4v) is 1.50. The maximum Gasteiger partial charge on any atom is 0.239 e. The average Bonchev–Trinajstić information content (AvgIpc) is 2.27. The standard InChI is InChI=1S/C8H10BN/c1-10-6-7-4-2-3-5-8(7)9-10/h2-5,9H,6H2,1H3. The Bertz CT molecular complexity index is 222. The van der Waals surface area contributed by atoms with Crippen LogP contribution in [0.2, 0.25) is 0 Å². The van der Waals surface area contributed by atoms with Crippen molar-refractivity contribution in [2.24, 2.45) is 0 Å². The monoisotopic (exact) mass is 131 g/mol. The SMILES string of the molecule is CN1Bc2ccccc2C1. The Balaban J connectivity index is 2.42. The third-order valence-corrected chi connectivity index (χ3v) is 2.00. The van der Waals surface area contributed by atoms with Gasteiger partial charge in [0, 0.05) is 6.54 Å². The molecule has 1 aliphatic rings. The van der Waals surface area contributed by atoms with E-state index in [9.17, 15) is 0 Å². The summed E-state index contributed by atoms with van der Waals surface area (Å²) < 4.78 is 0. The number of hydrogen-bond donors (Lipinski definition) is 0. The second-order valence-electron chi connectivity index (χ2n) is 2.94. The third-order valence-electron chi connectivity index (χ3n) is 2.00. The molecule has 0 unspecified atom stereocenters. The Kier molecular flexibility index (Phi) is 1.28. The Morgan fingerprint density at radius 1 is 1.40 bits per heavy atom. The molecule has 0 amide bonds. The van der Waals surface area contributed by atoms with E-state index >= 15 is 0 Å². The highest BCUT2D eigenvalue weighted by molar-refractivity contribution is 6.52. The minimum Gasteiger partial charge on any atom is -0.340 e. The molecular formula is C8H10BN. The van der Waals surface area contributed by atoms with Gasteiger partial charge in [0.15, 0.2) is 0 Å². The molecule has 1 aliphatic heterocycles. The quantitative estimate of drug-likeness (QED) is 0.451. The van der Waals surface area contributed by atoms with Gasteiger partial charge in [-0.3, -0.25) is 0 Å². The van der Waals surface area contributed by atoms with Crippen LogP contribution < -0.4 is 5.46 Å². The van der Waals surface area contributed by atoms with Crippen molar-refractivity contribution in [3.63, 3.8) is 0 Å². The van der Waals surface area contributed by atoms with Gasteiger partial charge in [-0.25, -0.2) is 0 Å². The van der Waals surface area contributed by atoms with Crippen molar-refractivity contribution in [3.05, 3.63) is 29.8 Å². The van der Waals surface area contributed by atoms with Gasteiger partial charge >= 0.3 is 0 Å². The molecule has 0 bridgehead atoms. The van der Waals surface area contributed by atoms with Crippen LogP contribution in [-0.2, 0) is 6.54 Å². The summed E-state index contributed by atoms with van der Waals surface area (Å²) in [6, 6.07) is 8.63. The van der Waals surface area contributed by atoms with Crippen molar-refractivity contribution in [2.45, 2.75) is 6.54 Å². The van der Waals surface area contributed by atoms with Crippen molar-refractivity contribution in [1.29, 1.82) is 0 Å². The van der Waals surface area contributed by atoms with E-state index in [1.807, 2.05) is 0 Å². The fraction of sp³-hybridized carbons (Fsp3) is 0.250. The smallest absolute Gasteiger partial charge is 0.239 e. The van der Waals surface area contributed by atoms with Gasteiger partial charge in [0.25, 0.3) is 0 Å². The zero-order valence-electron chi connectivity index (χ0n) is 6.17. The first-order chi connectivity index (χ1) is 4.86. The van der Waals surface area contributed by atoms with E-state index in [4.69, 9.17) is 0 Å². The highest BCUT2D eigenvalue weighted by Crippen LogP contribution is 2.05. The highest BCUT2D eigenvalue weighted by Gasteiger charge is 2.14. The van der Waals surface area contributed by atoms with Gasteiger partial charge in [0.05, 0.1) is 0 Å². The fourth-order valence-electron chi connectivity index (χ4n) is 1.50. The van der Waals surface area contributed by atoms with Gasteiger partial charge in [-0.15, -0.1) is 0 Å². The van der Waals surface area contributed by atoms with Crippen LogP contribution in [0.25, 0.3) is 0 Å². The van der Waals surface area contributed by atoms with Crippen LogP contribution in [-0.4, -0.2) is 19.3 Å². The van der Waals surface area contributed by atoms with Gasteiger partial charge in [-0.2, -0.15) is 0 Å². The zero-order chi connectivity index (χ0) is 6.97. The molecule has 1 nitrogen and oxygen atoms in total. The van der Waals surface area contributed by atoms with Crippen molar-refractivity contribution in [1.82, 2.24) is 4.81 Å². The van der Waals surface area contributed by atoms with Crippen molar-refractivity contribution < 1.29 is 0 Å². The van der Waals surface area contributed by atoms with E-state index in [2.05, 4.69) is 36.1 Å². The van der Waals surface area contributed by atoms with E-state index in [0.29, 0.717) is 0 Å². The normalized spacial score (nSPS) is 16.5. The van der Waals surface area contributed by atoms with Gasteiger partial charge in [-0.1, -0.05) is 29.7 Å². The summed E-state index contributed by atoms with van der Waals surface area (Å²) in [5.41, 5.74) is 2.98. The number of nitrogens with zero attached hydrogens (tertiary/aromatic N) is 1. The van der Waals surface area contributed by atoms with E-state index in [-0.39, 0.29) is 0 Å². The van der Waals surface area contributed by atoms with Crippen LogP contribution >= 0.6 is 0 Å². The number of hydrogen-bond acceptors (Lipinski definition) is 1. The van der Waals surface area contributed by atoms with Crippen LogP contribution in [0.1, 0.15) is 5.56 Å². The molecule has 2 rings (SSSR count). The summed E-state index contributed by atoms with van der Waals surface area (Å²) in [6.45, 7) is 1.12. The van der Waals surface area contributed by atoms with Crippen molar-refractivity contribution in [3.8, 4) is 0 Å². The van der Waals surface area contributed by atoms with Crippen LogP contribution in [0.5, 0.6) is 0 Å². The van der Waals surface area contributed by atoms with Gasteiger partial charge < -0.3 is 4.81 Å². The molecule has 1 aromatic rings. The minimum atomic E-state index is 1.12. The number of benzene rings is 1. The van der Waals surface area contributed by atoms with Crippen LogP contribution in [0.15, 0.2) is 24.3 Å². The average molecular weight is 131 g/mol. The lowest BCUT2D eigenvalue weighted by molar-refractivity contribution is 0.554. The molecule has 2 heteroatoms. The lowest BCUT2D eigenvalue weighted by atomic mass is 9.83. The number of fused-ring (bicyclic) bond motifs is 1. The third kappa shape index (κ3) is 0.849. The summed E-state index contributed by atoms with van der Waals surface area (Å²) in [5.74, 6) is 0. The zero-order valence-corrected chi connectivity index (χ0v) is 6.17. The number of rotatable bonds is 0.